The number of non-ortho nitro benzene ring substituents is 1. The Morgan fingerprint density at radius 2 is 1.82 bits per heavy atom. The first kappa shape index (κ1) is 30.0. The minimum Gasteiger partial charge on any atom is -0.481 e. The zero-order valence-electron chi connectivity index (χ0n) is 23.1. The summed E-state index contributed by atoms with van der Waals surface area (Å²) in [6.45, 7) is 8.99. The standard InChI is InChI=1S/C26H29N5O5.C2H4O2/c1-16-6-9-21-20(12-16)28-24(25(33)30(21)15-23(32)36-26(2,3)4)19-14-29(11-5-10-27)22-13-17(31(34)35)7-8-18(19)22;1-2(3)4/h6-9,12-14H,5,10-11,15,27H2,1-4H3;1H3,(H,3,4). The predicted octanol–water partition coefficient (Wildman–Crippen LogP) is 4.02. The molecule has 0 amide bonds. The van der Waals surface area contributed by atoms with Crippen molar-refractivity contribution in [2.75, 3.05) is 6.54 Å². The molecule has 0 bridgehead atoms. The van der Waals surface area contributed by atoms with E-state index in [1.807, 2.05) is 23.6 Å². The number of rotatable bonds is 7. The van der Waals surface area contributed by atoms with Crippen LogP contribution in [0.15, 0.2) is 47.4 Å². The van der Waals surface area contributed by atoms with Crippen molar-refractivity contribution in [3.05, 3.63) is 68.6 Å². The quantitative estimate of drug-likeness (QED) is 0.195. The van der Waals surface area contributed by atoms with E-state index in [4.69, 9.17) is 25.4 Å². The van der Waals surface area contributed by atoms with Crippen LogP contribution in [0.4, 0.5) is 5.69 Å². The van der Waals surface area contributed by atoms with Crippen LogP contribution in [0.25, 0.3) is 33.2 Å². The first-order valence-corrected chi connectivity index (χ1v) is 12.6. The first-order valence-electron chi connectivity index (χ1n) is 12.6. The second-order valence-corrected chi connectivity index (χ2v) is 10.3. The molecular formula is C28H33N5O7. The molecule has 0 atom stereocenters. The molecule has 0 aliphatic heterocycles. The number of carboxylic acids is 1. The molecule has 4 aromatic rings. The number of esters is 1. The second kappa shape index (κ2) is 12.1. The van der Waals surface area contributed by atoms with Gasteiger partial charge in [-0.3, -0.25) is 29.1 Å². The summed E-state index contributed by atoms with van der Waals surface area (Å²) in [6.07, 6.45) is 2.42. The number of fused-ring (bicyclic) bond motifs is 2. The fourth-order valence-corrected chi connectivity index (χ4v) is 4.22. The molecule has 0 aliphatic rings. The molecule has 0 spiro atoms. The number of aliphatic carboxylic acids is 1. The fraction of sp³-hybridized carbons (Fsp3) is 0.357. The summed E-state index contributed by atoms with van der Waals surface area (Å²) in [5.41, 5.74) is 7.81. The zero-order valence-corrected chi connectivity index (χ0v) is 23.1. The van der Waals surface area contributed by atoms with Gasteiger partial charge in [-0.15, -0.1) is 0 Å². The minimum atomic E-state index is -0.833. The molecule has 0 aliphatic carbocycles. The third-order valence-electron chi connectivity index (χ3n) is 5.74. The summed E-state index contributed by atoms with van der Waals surface area (Å²) in [7, 11) is 0. The average Bonchev–Trinajstić information content (AvgIpc) is 3.20. The Balaban J connectivity index is 0.00000103. The molecule has 0 fully saturated rings. The van der Waals surface area contributed by atoms with Crippen molar-refractivity contribution in [1.82, 2.24) is 14.1 Å². The van der Waals surface area contributed by atoms with E-state index in [1.54, 1.807) is 39.1 Å². The van der Waals surface area contributed by atoms with Gasteiger partial charge in [-0.05, 0) is 64.4 Å². The maximum Gasteiger partial charge on any atom is 0.326 e. The number of hydrogen-bond acceptors (Lipinski definition) is 8. The Hall–Kier alpha value is -4.58. The van der Waals surface area contributed by atoms with Gasteiger partial charge in [-0.1, -0.05) is 6.07 Å². The number of hydrogen-bond donors (Lipinski definition) is 2. The Bertz CT molecular complexity index is 1640. The van der Waals surface area contributed by atoms with Crippen LogP contribution in [0.1, 0.15) is 39.7 Å². The summed E-state index contributed by atoms with van der Waals surface area (Å²) in [5, 5.41) is 19.5. The number of ether oxygens (including phenoxy) is 1. The highest BCUT2D eigenvalue weighted by Crippen LogP contribution is 2.32. The van der Waals surface area contributed by atoms with Gasteiger partial charge in [0.15, 0.2) is 0 Å². The molecule has 0 radical (unpaired) electrons. The fourth-order valence-electron chi connectivity index (χ4n) is 4.22. The van der Waals surface area contributed by atoms with Crippen molar-refractivity contribution >= 4 is 39.6 Å². The van der Waals surface area contributed by atoms with Crippen LogP contribution in [0.2, 0.25) is 0 Å². The normalized spacial score (nSPS) is 11.2. The lowest BCUT2D eigenvalue weighted by molar-refractivity contribution is -0.384. The van der Waals surface area contributed by atoms with Crippen LogP contribution in [-0.4, -0.2) is 48.2 Å². The zero-order chi connectivity index (χ0) is 29.8. The molecule has 3 N–H and O–H groups in total. The van der Waals surface area contributed by atoms with Crippen molar-refractivity contribution in [3.63, 3.8) is 0 Å². The molecule has 0 unspecified atom stereocenters. The van der Waals surface area contributed by atoms with E-state index in [1.165, 1.54) is 16.7 Å². The van der Waals surface area contributed by atoms with Crippen molar-refractivity contribution in [3.8, 4) is 11.3 Å². The maximum atomic E-state index is 13.8. The van der Waals surface area contributed by atoms with E-state index >= 15 is 0 Å². The van der Waals surface area contributed by atoms with Gasteiger partial charge in [-0.25, -0.2) is 4.98 Å². The largest absolute Gasteiger partial charge is 0.481 e. The van der Waals surface area contributed by atoms with Crippen LogP contribution in [0.3, 0.4) is 0 Å². The maximum absolute atomic E-state index is 13.8. The smallest absolute Gasteiger partial charge is 0.326 e. The topological polar surface area (TPSA) is 173 Å². The van der Waals surface area contributed by atoms with E-state index < -0.39 is 28.0 Å². The average molecular weight is 552 g/mol. The lowest BCUT2D eigenvalue weighted by Crippen LogP contribution is -2.31. The molecule has 2 heterocycles. The highest BCUT2D eigenvalue weighted by molar-refractivity contribution is 5.97. The number of carboxylic acid groups (broad SMARTS) is 1. The third kappa shape index (κ3) is 7.08. The van der Waals surface area contributed by atoms with Gasteiger partial charge in [0.2, 0.25) is 0 Å². The predicted molar refractivity (Wildman–Crippen MR) is 151 cm³/mol. The summed E-state index contributed by atoms with van der Waals surface area (Å²) in [6, 6.07) is 9.99. The summed E-state index contributed by atoms with van der Waals surface area (Å²) >= 11 is 0. The number of carbonyl (C=O) groups excluding carboxylic acids is 1. The van der Waals surface area contributed by atoms with Crippen LogP contribution in [0, 0.1) is 17.0 Å². The lowest BCUT2D eigenvalue weighted by Gasteiger charge is -2.20. The number of nitrogens with zero attached hydrogens (tertiary/aromatic N) is 4. The van der Waals surface area contributed by atoms with Gasteiger partial charge in [0.1, 0.15) is 17.8 Å². The molecule has 4 rings (SSSR count). The Kier molecular flexibility index (Phi) is 9.05. The van der Waals surface area contributed by atoms with Gasteiger partial charge in [0, 0.05) is 42.7 Å². The van der Waals surface area contributed by atoms with Crippen molar-refractivity contribution < 1.29 is 24.4 Å². The molecule has 0 saturated heterocycles. The van der Waals surface area contributed by atoms with Gasteiger partial charge in [-0.2, -0.15) is 0 Å². The number of nitro groups is 1. The van der Waals surface area contributed by atoms with E-state index in [2.05, 4.69) is 0 Å². The number of aromatic nitrogens is 3. The first-order chi connectivity index (χ1) is 18.7. The molecule has 2 aromatic heterocycles. The van der Waals surface area contributed by atoms with Gasteiger partial charge in [0.25, 0.3) is 17.2 Å². The van der Waals surface area contributed by atoms with Crippen LogP contribution >= 0.6 is 0 Å². The minimum absolute atomic E-state index is 0.0504. The number of aryl methyl sites for hydroxylation is 2. The summed E-state index contributed by atoms with van der Waals surface area (Å²) < 4.78 is 8.70. The monoisotopic (exact) mass is 551 g/mol. The van der Waals surface area contributed by atoms with E-state index in [-0.39, 0.29) is 17.9 Å². The SMILES string of the molecule is CC(=O)O.Cc1ccc2c(c1)nc(-c1cn(CCCN)c3cc([N+](=O)[O-])ccc13)c(=O)n2CC(=O)OC(C)(C)C. The highest BCUT2D eigenvalue weighted by atomic mass is 16.6. The van der Waals surface area contributed by atoms with Crippen molar-refractivity contribution in [2.45, 2.75) is 59.7 Å². The highest BCUT2D eigenvalue weighted by Gasteiger charge is 2.23. The number of benzene rings is 2. The van der Waals surface area contributed by atoms with Gasteiger partial charge in [0.05, 0.1) is 21.5 Å². The van der Waals surface area contributed by atoms with Crippen LogP contribution in [0.5, 0.6) is 0 Å². The van der Waals surface area contributed by atoms with Crippen molar-refractivity contribution in [1.29, 1.82) is 0 Å². The number of carbonyl (C=O) groups is 2. The van der Waals surface area contributed by atoms with Crippen LogP contribution < -0.4 is 11.3 Å². The molecular weight excluding hydrogens is 518 g/mol. The van der Waals surface area contributed by atoms with Crippen LogP contribution in [-0.2, 0) is 27.4 Å². The Labute approximate surface area is 230 Å². The molecule has 12 heteroatoms. The molecule has 0 saturated carbocycles. The van der Waals surface area contributed by atoms with E-state index in [0.29, 0.717) is 47.0 Å². The second-order valence-electron chi connectivity index (χ2n) is 10.3. The van der Waals surface area contributed by atoms with Gasteiger partial charge < -0.3 is 20.1 Å². The third-order valence-corrected chi connectivity index (χ3v) is 5.74. The number of nitro benzene ring substituents is 1. The van der Waals surface area contributed by atoms with Crippen molar-refractivity contribution in [2.24, 2.45) is 5.73 Å². The number of nitrogens with two attached hydrogens (primary N) is 1. The summed E-state index contributed by atoms with van der Waals surface area (Å²) in [5.74, 6) is -1.37. The molecule has 212 valence electrons. The lowest BCUT2D eigenvalue weighted by atomic mass is 10.1. The van der Waals surface area contributed by atoms with E-state index in [9.17, 15) is 19.7 Å². The van der Waals surface area contributed by atoms with Gasteiger partial charge >= 0.3 is 5.97 Å². The molecule has 12 nitrogen and oxygen atoms in total. The Morgan fingerprint density at radius 1 is 1.15 bits per heavy atom. The molecule has 40 heavy (non-hydrogen) atoms. The Morgan fingerprint density at radius 3 is 2.42 bits per heavy atom. The molecule has 2 aromatic carbocycles. The van der Waals surface area contributed by atoms with E-state index in [0.717, 1.165) is 12.5 Å². The summed E-state index contributed by atoms with van der Waals surface area (Å²) in [4.78, 5) is 51.1.